The maximum Gasteiger partial charge on any atom is 0.315 e. The molecule has 2 amide bonds. The van der Waals surface area contributed by atoms with Crippen molar-refractivity contribution in [1.29, 1.82) is 0 Å². The first-order valence-corrected chi connectivity index (χ1v) is 6.92. The van der Waals surface area contributed by atoms with Crippen LogP contribution in [0.15, 0.2) is 48.7 Å². The monoisotopic (exact) mass is 285 g/mol. The normalized spacial score (nSPS) is 9.95. The van der Waals surface area contributed by atoms with Gasteiger partial charge in [0, 0.05) is 24.8 Å². The zero-order valence-electron chi connectivity index (χ0n) is 12.0. The summed E-state index contributed by atoms with van der Waals surface area (Å²) >= 11 is 0. The van der Waals surface area contributed by atoms with Crippen molar-refractivity contribution in [3.8, 4) is 5.88 Å². The molecule has 0 atom stereocenters. The van der Waals surface area contributed by atoms with Crippen molar-refractivity contribution in [3.05, 3.63) is 59.8 Å². The molecule has 0 saturated heterocycles. The Kier molecular flexibility index (Phi) is 5.58. The van der Waals surface area contributed by atoms with E-state index in [9.17, 15) is 4.79 Å². The number of benzene rings is 1. The number of carbonyl (C=O) groups is 1. The van der Waals surface area contributed by atoms with Crippen LogP contribution < -0.4 is 15.4 Å². The van der Waals surface area contributed by atoms with Gasteiger partial charge in [0.1, 0.15) is 0 Å². The first-order valence-electron chi connectivity index (χ1n) is 6.92. The number of urea groups is 1. The van der Waals surface area contributed by atoms with Crippen LogP contribution in [0.3, 0.4) is 0 Å². The van der Waals surface area contributed by atoms with Gasteiger partial charge in [-0.1, -0.05) is 36.4 Å². The van der Waals surface area contributed by atoms with Crippen LogP contribution in [0.2, 0.25) is 0 Å². The number of hydrogen-bond acceptors (Lipinski definition) is 3. The Morgan fingerprint density at radius 3 is 2.62 bits per heavy atom. The molecular weight excluding hydrogens is 266 g/mol. The van der Waals surface area contributed by atoms with Crippen LogP contribution in [-0.4, -0.2) is 17.6 Å². The summed E-state index contributed by atoms with van der Waals surface area (Å²) in [5.41, 5.74) is 1.92. The lowest BCUT2D eigenvalue weighted by Crippen LogP contribution is -2.34. The molecule has 0 radical (unpaired) electrons. The number of pyridine rings is 1. The van der Waals surface area contributed by atoms with E-state index in [1.807, 2.05) is 49.4 Å². The molecule has 1 aromatic carbocycles. The van der Waals surface area contributed by atoms with Crippen LogP contribution in [0.25, 0.3) is 0 Å². The van der Waals surface area contributed by atoms with Crippen LogP contribution in [0.4, 0.5) is 4.79 Å². The van der Waals surface area contributed by atoms with E-state index in [2.05, 4.69) is 15.6 Å². The summed E-state index contributed by atoms with van der Waals surface area (Å²) in [4.78, 5) is 15.9. The Balaban J connectivity index is 1.81. The Morgan fingerprint density at radius 1 is 1.10 bits per heavy atom. The Bertz CT molecular complexity index is 573. The summed E-state index contributed by atoms with van der Waals surface area (Å²) in [6.45, 7) is 3.32. The fourth-order valence-corrected chi connectivity index (χ4v) is 1.84. The maximum atomic E-state index is 11.8. The molecule has 0 saturated carbocycles. The van der Waals surface area contributed by atoms with Gasteiger partial charge in [-0.25, -0.2) is 9.78 Å². The highest BCUT2D eigenvalue weighted by molar-refractivity contribution is 5.73. The van der Waals surface area contributed by atoms with Gasteiger partial charge in [0.25, 0.3) is 0 Å². The third-order valence-electron chi connectivity index (χ3n) is 2.87. The highest BCUT2D eigenvalue weighted by atomic mass is 16.5. The van der Waals surface area contributed by atoms with Gasteiger partial charge in [-0.05, 0) is 18.6 Å². The zero-order chi connectivity index (χ0) is 14.9. The molecule has 21 heavy (non-hydrogen) atoms. The first-order chi connectivity index (χ1) is 10.3. The van der Waals surface area contributed by atoms with Gasteiger partial charge in [-0.2, -0.15) is 0 Å². The van der Waals surface area contributed by atoms with E-state index in [4.69, 9.17) is 4.74 Å². The number of aromatic nitrogens is 1. The van der Waals surface area contributed by atoms with Crippen molar-refractivity contribution in [2.75, 3.05) is 6.61 Å². The van der Waals surface area contributed by atoms with E-state index in [0.29, 0.717) is 25.6 Å². The summed E-state index contributed by atoms with van der Waals surface area (Å²) in [5.74, 6) is 0.559. The zero-order valence-corrected chi connectivity index (χ0v) is 12.0. The highest BCUT2D eigenvalue weighted by Gasteiger charge is 2.06. The highest BCUT2D eigenvalue weighted by Crippen LogP contribution is 2.13. The molecule has 1 aromatic heterocycles. The van der Waals surface area contributed by atoms with Crippen molar-refractivity contribution >= 4 is 6.03 Å². The number of amides is 2. The summed E-state index contributed by atoms with van der Waals surface area (Å²) in [6, 6.07) is 13.3. The lowest BCUT2D eigenvalue weighted by molar-refractivity contribution is 0.240. The quantitative estimate of drug-likeness (QED) is 0.857. The summed E-state index contributed by atoms with van der Waals surface area (Å²) in [5, 5.41) is 5.61. The van der Waals surface area contributed by atoms with E-state index in [0.717, 1.165) is 11.1 Å². The Labute approximate surface area is 124 Å². The standard InChI is InChI=1S/C16H19N3O2/c1-2-21-15-14(9-6-10-17-15)12-19-16(20)18-11-13-7-4-3-5-8-13/h3-10H,2,11-12H2,1H3,(H2,18,19,20). The van der Waals surface area contributed by atoms with Crippen molar-refractivity contribution in [2.24, 2.45) is 0 Å². The third-order valence-corrected chi connectivity index (χ3v) is 2.87. The second kappa shape index (κ2) is 7.89. The van der Waals surface area contributed by atoms with Gasteiger partial charge in [0.05, 0.1) is 6.61 Å². The molecule has 0 aliphatic rings. The molecule has 5 nitrogen and oxygen atoms in total. The van der Waals surface area contributed by atoms with E-state index < -0.39 is 0 Å². The lowest BCUT2D eigenvalue weighted by atomic mass is 10.2. The van der Waals surface area contributed by atoms with E-state index in [-0.39, 0.29) is 6.03 Å². The molecule has 0 spiro atoms. The van der Waals surface area contributed by atoms with Crippen molar-refractivity contribution in [3.63, 3.8) is 0 Å². The average molecular weight is 285 g/mol. The summed E-state index contributed by atoms with van der Waals surface area (Å²) in [6.07, 6.45) is 1.67. The largest absolute Gasteiger partial charge is 0.478 e. The van der Waals surface area contributed by atoms with Crippen LogP contribution in [0.5, 0.6) is 5.88 Å². The Morgan fingerprint density at radius 2 is 1.86 bits per heavy atom. The van der Waals surface area contributed by atoms with Crippen molar-refractivity contribution in [2.45, 2.75) is 20.0 Å². The number of ether oxygens (including phenoxy) is 1. The minimum absolute atomic E-state index is 0.217. The summed E-state index contributed by atoms with van der Waals surface area (Å²) < 4.78 is 5.42. The molecule has 0 fully saturated rings. The predicted molar refractivity (Wildman–Crippen MR) is 80.9 cm³/mol. The molecule has 0 unspecified atom stereocenters. The fourth-order valence-electron chi connectivity index (χ4n) is 1.84. The van der Waals surface area contributed by atoms with Gasteiger partial charge in [0.2, 0.25) is 5.88 Å². The van der Waals surface area contributed by atoms with Gasteiger partial charge in [0.15, 0.2) is 0 Å². The second-order valence-corrected chi connectivity index (χ2v) is 4.42. The molecule has 0 aliphatic carbocycles. The Hall–Kier alpha value is -2.56. The minimum Gasteiger partial charge on any atom is -0.478 e. The smallest absolute Gasteiger partial charge is 0.315 e. The van der Waals surface area contributed by atoms with Crippen LogP contribution in [0, 0.1) is 0 Å². The molecule has 1 heterocycles. The second-order valence-electron chi connectivity index (χ2n) is 4.42. The van der Waals surface area contributed by atoms with Crippen LogP contribution in [0.1, 0.15) is 18.1 Å². The van der Waals surface area contributed by atoms with Crippen LogP contribution >= 0.6 is 0 Å². The number of carbonyl (C=O) groups excluding carboxylic acids is 1. The van der Waals surface area contributed by atoms with Gasteiger partial charge < -0.3 is 15.4 Å². The predicted octanol–water partition coefficient (Wildman–Crippen LogP) is 2.48. The minimum atomic E-state index is -0.217. The van der Waals surface area contributed by atoms with Gasteiger partial charge in [-0.15, -0.1) is 0 Å². The first kappa shape index (κ1) is 14.8. The molecular formula is C16H19N3O2. The molecule has 2 N–H and O–H groups in total. The fraction of sp³-hybridized carbons (Fsp3) is 0.250. The lowest BCUT2D eigenvalue weighted by Gasteiger charge is -2.10. The van der Waals surface area contributed by atoms with E-state index >= 15 is 0 Å². The maximum absolute atomic E-state index is 11.8. The molecule has 110 valence electrons. The molecule has 0 bridgehead atoms. The number of hydrogen-bond donors (Lipinski definition) is 2. The molecule has 2 rings (SSSR count). The van der Waals surface area contributed by atoms with Gasteiger partial charge in [-0.3, -0.25) is 0 Å². The van der Waals surface area contributed by atoms with Gasteiger partial charge >= 0.3 is 6.03 Å². The molecule has 5 heteroatoms. The number of nitrogens with one attached hydrogen (secondary N) is 2. The van der Waals surface area contributed by atoms with Crippen molar-refractivity contribution < 1.29 is 9.53 Å². The number of rotatable bonds is 6. The SMILES string of the molecule is CCOc1ncccc1CNC(=O)NCc1ccccc1. The summed E-state index contributed by atoms with van der Waals surface area (Å²) in [7, 11) is 0. The average Bonchev–Trinajstić information content (AvgIpc) is 2.53. The molecule has 2 aromatic rings. The van der Waals surface area contributed by atoms with E-state index in [1.165, 1.54) is 0 Å². The van der Waals surface area contributed by atoms with Crippen LogP contribution in [-0.2, 0) is 13.1 Å². The topological polar surface area (TPSA) is 63.2 Å². The van der Waals surface area contributed by atoms with E-state index in [1.54, 1.807) is 6.20 Å². The number of nitrogens with zero attached hydrogens (tertiary/aromatic N) is 1. The third kappa shape index (κ3) is 4.80. The van der Waals surface area contributed by atoms with Crippen molar-refractivity contribution in [1.82, 2.24) is 15.6 Å². The molecule has 0 aliphatic heterocycles.